The van der Waals surface area contributed by atoms with Gasteiger partial charge in [0.2, 0.25) is 11.8 Å². The highest BCUT2D eigenvalue weighted by Gasteiger charge is 2.40. The predicted molar refractivity (Wildman–Crippen MR) is 100 cm³/mol. The van der Waals surface area contributed by atoms with Gasteiger partial charge in [0.05, 0.1) is 5.69 Å². The molecule has 2 atom stereocenters. The number of halogens is 1. The average molecular weight is 371 g/mol. The van der Waals surface area contributed by atoms with Crippen LogP contribution in [0.2, 0.25) is 0 Å². The van der Waals surface area contributed by atoms with Gasteiger partial charge in [-0.1, -0.05) is 6.42 Å². The molecule has 2 unspecified atom stereocenters. The van der Waals surface area contributed by atoms with Gasteiger partial charge in [-0.3, -0.25) is 4.79 Å². The van der Waals surface area contributed by atoms with E-state index in [-0.39, 0.29) is 23.7 Å². The topological polar surface area (TPSA) is 81.2 Å². The molecule has 27 heavy (non-hydrogen) atoms. The zero-order valence-corrected chi connectivity index (χ0v) is 15.4. The van der Waals surface area contributed by atoms with Crippen molar-refractivity contribution in [2.24, 2.45) is 23.5 Å². The van der Waals surface area contributed by atoms with Gasteiger partial charge in [-0.25, -0.2) is 9.37 Å². The second kappa shape index (κ2) is 7.80. The number of fused-ring (bicyclic) bond motifs is 2. The Balaban J connectivity index is 1.27. The number of carbonyl (C=O) groups is 1. The molecule has 5 nitrogen and oxygen atoms in total. The van der Waals surface area contributed by atoms with Crippen LogP contribution >= 0.6 is 0 Å². The molecule has 2 aliphatic rings. The van der Waals surface area contributed by atoms with E-state index in [0.717, 1.165) is 36.9 Å². The Morgan fingerprint density at radius 1 is 1.22 bits per heavy atom. The number of carbonyl (C=O) groups excluding carboxylic acids is 1. The summed E-state index contributed by atoms with van der Waals surface area (Å²) in [5, 5.41) is 3.05. The van der Waals surface area contributed by atoms with Crippen LogP contribution in [-0.2, 0) is 11.2 Å². The van der Waals surface area contributed by atoms with E-state index < -0.39 is 0 Å². The second-order valence-corrected chi connectivity index (χ2v) is 7.89. The van der Waals surface area contributed by atoms with Gasteiger partial charge in [0.15, 0.2) is 0 Å². The number of rotatable bonds is 5. The monoisotopic (exact) mass is 371 g/mol. The smallest absolute Gasteiger partial charge is 0.226 e. The fourth-order valence-corrected chi connectivity index (χ4v) is 4.61. The number of amides is 1. The molecule has 0 spiro atoms. The van der Waals surface area contributed by atoms with Gasteiger partial charge in [-0.15, -0.1) is 0 Å². The normalized spacial score (nSPS) is 27.3. The molecule has 0 aliphatic heterocycles. The largest absolute Gasteiger partial charge is 0.444 e. The summed E-state index contributed by atoms with van der Waals surface area (Å²) in [5.41, 5.74) is 7.82. The molecule has 1 amide bonds. The lowest BCUT2D eigenvalue weighted by Crippen LogP contribution is -2.49. The van der Waals surface area contributed by atoms with Crippen molar-refractivity contribution in [2.45, 2.75) is 44.6 Å². The van der Waals surface area contributed by atoms with Crippen LogP contribution in [0.5, 0.6) is 0 Å². The molecule has 2 aromatic rings. The Hall–Kier alpha value is -2.21. The summed E-state index contributed by atoms with van der Waals surface area (Å²) in [6.07, 6.45) is 7.60. The molecule has 2 aliphatic carbocycles. The van der Waals surface area contributed by atoms with Crippen molar-refractivity contribution >= 4 is 5.91 Å². The number of hydrogen-bond donors (Lipinski definition) is 2. The van der Waals surface area contributed by atoms with E-state index in [1.165, 1.54) is 18.6 Å². The van der Waals surface area contributed by atoms with Crippen LogP contribution in [0.4, 0.5) is 4.39 Å². The van der Waals surface area contributed by atoms with Crippen LogP contribution in [0.3, 0.4) is 0 Å². The molecule has 0 saturated heterocycles. The predicted octanol–water partition coefficient (Wildman–Crippen LogP) is 3.29. The third-order valence-electron chi connectivity index (χ3n) is 6.11. The van der Waals surface area contributed by atoms with Gasteiger partial charge in [-0.2, -0.15) is 0 Å². The Labute approximate surface area is 158 Å². The summed E-state index contributed by atoms with van der Waals surface area (Å²) in [7, 11) is 0. The first-order valence-electron chi connectivity index (χ1n) is 9.84. The van der Waals surface area contributed by atoms with Crippen LogP contribution in [0, 0.1) is 23.6 Å². The van der Waals surface area contributed by atoms with E-state index in [4.69, 9.17) is 10.2 Å². The van der Waals surface area contributed by atoms with Gasteiger partial charge < -0.3 is 15.5 Å². The molecule has 2 bridgehead atoms. The van der Waals surface area contributed by atoms with Crippen LogP contribution in [0.25, 0.3) is 11.5 Å². The van der Waals surface area contributed by atoms with Gasteiger partial charge in [0.25, 0.3) is 0 Å². The molecule has 1 heterocycles. The average Bonchev–Trinajstić information content (AvgIpc) is 3.11. The molecule has 4 rings (SSSR count). The molecule has 3 N–H and O–H groups in total. The number of benzene rings is 1. The minimum Gasteiger partial charge on any atom is -0.444 e. The maximum absolute atomic E-state index is 13.0. The van der Waals surface area contributed by atoms with E-state index in [1.54, 1.807) is 18.4 Å². The highest BCUT2D eigenvalue weighted by atomic mass is 19.1. The number of oxazole rings is 1. The van der Waals surface area contributed by atoms with Crippen LogP contribution in [-0.4, -0.2) is 23.5 Å². The first-order chi connectivity index (χ1) is 13.1. The van der Waals surface area contributed by atoms with Gasteiger partial charge in [0.1, 0.15) is 12.1 Å². The summed E-state index contributed by atoms with van der Waals surface area (Å²) >= 11 is 0. The van der Waals surface area contributed by atoms with Gasteiger partial charge >= 0.3 is 0 Å². The van der Waals surface area contributed by atoms with E-state index in [2.05, 4.69) is 10.3 Å². The molecule has 2 saturated carbocycles. The quantitative estimate of drug-likeness (QED) is 0.845. The van der Waals surface area contributed by atoms with Crippen molar-refractivity contribution in [3.05, 3.63) is 42.0 Å². The molecule has 2 fully saturated rings. The van der Waals surface area contributed by atoms with Gasteiger partial charge in [-0.05, 0) is 61.8 Å². The van der Waals surface area contributed by atoms with Crippen LogP contribution < -0.4 is 11.1 Å². The van der Waals surface area contributed by atoms with E-state index in [1.807, 2.05) is 0 Å². The fourth-order valence-electron chi connectivity index (χ4n) is 4.61. The van der Waals surface area contributed by atoms with Crippen molar-refractivity contribution in [1.29, 1.82) is 0 Å². The summed E-state index contributed by atoms with van der Waals surface area (Å²) < 4.78 is 18.5. The van der Waals surface area contributed by atoms with E-state index in [0.29, 0.717) is 30.7 Å². The SMILES string of the molecule is NC1C2CCCC1CC(C(=O)NCCc1coc(-c3ccc(F)cc3)n1)C2. The number of nitrogens with zero attached hydrogens (tertiary/aromatic N) is 1. The molecule has 1 aromatic carbocycles. The van der Waals surface area contributed by atoms with Crippen molar-refractivity contribution in [2.75, 3.05) is 6.54 Å². The fraction of sp³-hybridized carbons (Fsp3) is 0.524. The Morgan fingerprint density at radius 3 is 2.63 bits per heavy atom. The molecule has 0 radical (unpaired) electrons. The number of nitrogens with two attached hydrogens (primary N) is 1. The summed E-state index contributed by atoms with van der Waals surface area (Å²) in [6.45, 7) is 0.534. The Kier molecular flexibility index (Phi) is 5.25. The summed E-state index contributed by atoms with van der Waals surface area (Å²) in [4.78, 5) is 17.0. The summed E-state index contributed by atoms with van der Waals surface area (Å²) in [6, 6.07) is 6.31. The number of nitrogens with one attached hydrogen (secondary N) is 1. The van der Waals surface area contributed by atoms with E-state index in [9.17, 15) is 9.18 Å². The first-order valence-corrected chi connectivity index (χ1v) is 9.84. The van der Waals surface area contributed by atoms with Crippen molar-refractivity contribution in [3.8, 4) is 11.5 Å². The van der Waals surface area contributed by atoms with Crippen molar-refractivity contribution in [1.82, 2.24) is 10.3 Å². The third-order valence-corrected chi connectivity index (χ3v) is 6.11. The standard InChI is InChI=1S/C21H26FN3O2/c22-17-6-4-13(5-7-17)21-25-18(12-27-21)8-9-24-20(26)16-10-14-2-1-3-15(11-16)19(14)23/h4-7,12,14-16,19H,1-3,8-11,23H2,(H,24,26). The minimum absolute atomic E-state index is 0.0900. The maximum Gasteiger partial charge on any atom is 0.226 e. The molecule has 144 valence electrons. The number of hydrogen-bond acceptors (Lipinski definition) is 4. The summed E-state index contributed by atoms with van der Waals surface area (Å²) in [5.74, 6) is 1.41. The van der Waals surface area contributed by atoms with Gasteiger partial charge in [0, 0.05) is 30.5 Å². The molecular formula is C21H26FN3O2. The first kappa shape index (κ1) is 18.2. The lowest BCUT2D eigenvalue weighted by molar-refractivity contribution is -0.127. The second-order valence-electron chi connectivity index (χ2n) is 7.89. The lowest BCUT2D eigenvalue weighted by Gasteiger charge is -2.43. The van der Waals surface area contributed by atoms with E-state index >= 15 is 0 Å². The maximum atomic E-state index is 13.0. The zero-order chi connectivity index (χ0) is 18.8. The lowest BCUT2D eigenvalue weighted by atomic mass is 9.65. The minimum atomic E-state index is -0.291. The Morgan fingerprint density at radius 2 is 1.93 bits per heavy atom. The highest BCUT2D eigenvalue weighted by Crippen LogP contribution is 2.41. The molecular weight excluding hydrogens is 345 g/mol. The van der Waals surface area contributed by atoms with Crippen LogP contribution in [0.1, 0.15) is 37.8 Å². The number of aromatic nitrogens is 1. The van der Waals surface area contributed by atoms with Crippen molar-refractivity contribution < 1.29 is 13.6 Å². The molecule has 1 aromatic heterocycles. The van der Waals surface area contributed by atoms with Crippen LogP contribution in [0.15, 0.2) is 34.9 Å². The van der Waals surface area contributed by atoms with Crippen molar-refractivity contribution in [3.63, 3.8) is 0 Å². The third kappa shape index (κ3) is 4.05. The highest BCUT2D eigenvalue weighted by molar-refractivity contribution is 5.78. The zero-order valence-electron chi connectivity index (χ0n) is 15.4. The Bertz CT molecular complexity index is 775. The molecule has 6 heteroatoms.